The molecule has 0 amide bonds. The Balaban J connectivity index is 1.63. The summed E-state index contributed by atoms with van der Waals surface area (Å²) in [7, 11) is -23.7. The monoisotopic (exact) mass is 1130 g/mol. The molecular weight excluding hydrogens is 1100 g/mol. The first-order valence-electron chi connectivity index (χ1n) is 17.6. The van der Waals surface area contributed by atoms with Gasteiger partial charge in [0.25, 0.3) is 30.4 Å². The van der Waals surface area contributed by atoms with Crippen LogP contribution in [0.5, 0.6) is 5.75 Å². The van der Waals surface area contributed by atoms with Crippen LogP contribution in [0.2, 0.25) is 0 Å². The van der Waals surface area contributed by atoms with Gasteiger partial charge in [0.2, 0.25) is 0 Å². The van der Waals surface area contributed by atoms with Crippen molar-refractivity contribution in [3.05, 3.63) is 66.7 Å². The molecular formula is C31H29N5O25S8. The number of nitrogens with one attached hydrogen (secondary N) is 1. The number of sulfone groups is 2. The second-order valence-electron chi connectivity index (χ2n) is 12.7. The number of azo groups is 2. The predicted octanol–water partition coefficient (Wildman–Crippen LogP) is 6.26. The number of nitrogens with zero attached hydrogens (tertiary/aromatic N) is 4. The van der Waals surface area contributed by atoms with Crippen LogP contribution < -0.4 is 5.32 Å². The molecule has 38 heteroatoms. The third-order valence-electron chi connectivity index (χ3n) is 8.51. The van der Waals surface area contributed by atoms with Gasteiger partial charge >= 0.3 is 0 Å². The Bertz CT molecular complexity index is 3340. The molecule has 8 N–H and O–H groups in total. The van der Waals surface area contributed by atoms with Gasteiger partial charge in [0.1, 0.15) is 38.4 Å². The van der Waals surface area contributed by atoms with Gasteiger partial charge in [0.15, 0.2) is 50.1 Å². The highest BCUT2D eigenvalue weighted by Gasteiger charge is 2.26. The topological polar surface area (TPSA) is 448 Å². The molecule has 0 aliphatic heterocycles. The third-order valence-corrected chi connectivity index (χ3v) is 15.6. The van der Waals surface area contributed by atoms with E-state index in [0.717, 1.165) is 54.6 Å². The quantitative estimate of drug-likeness (QED) is 0.00756. The lowest BCUT2D eigenvalue weighted by atomic mass is 10.1. The van der Waals surface area contributed by atoms with E-state index in [1.807, 2.05) is 0 Å². The minimum Gasteiger partial charge on any atom is -0.505 e. The molecule has 5 aromatic rings. The molecule has 0 fully saturated rings. The van der Waals surface area contributed by atoms with Crippen LogP contribution in [0.4, 0.5) is 28.4 Å². The lowest BCUT2D eigenvalue weighted by Gasteiger charge is -2.14. The molecule has 0 aliphatic carbocycles. The molecule has 0 saturated heterocycles. The number of anilines is 1. The summed E-state index contributed by atoms with van der Waals surface area (Å²) in [5.41, 5.74) is -2.62. The zero-order valence-electron chi connectivity index (χ0n) is 33.4. The Kier molecular flexibility index (Phi) is 19.1. The number of fused-ring (bicyclic) bond motifs is 2. The molecule has 0 heterocycles. The van der Waals surface area contributed by atoms with E-state index in [9.17, 15) is 60.9 Å². The molecule has 0 aromatic heterocycles. The molecule has 376 valence electrons. The fourth-order valence-corrected chi connectivity index (χ4v) is 10.9. The third kappa shape index (κ3) is 14.9. The van der Waals surface area contributed by atoms with Crippen molar-refractivity contribution < 1.29 is 113 Å². The van der Waals surface area contributed by atoms with E-state index in [0.29, 0.717) is 6.07 Å². The van der Waals surface area contributed by atoms with Crippen LogP contribution in [0.25, 0.3) is 21.5 Å². The minimum absolute atomic E-state index is 0.0270. The normalized spacial score (nSPS) is 13.1. The Morgan fingerprint density at radius 1 is 0.565 bits per heavy atom. The van der Waals surface area contributed by atoms with Gasteiger partial charge in [-0.15, -0.1) is 33.5 Å². The van der Waals surface area contributed by atoms with Crippen LogP contribution in [0.3, 0.4) is 0 Å². The second-order valence-corrected chi connectivity index (χ2v) is 22.9. The predicted molar refractivity (Wildman–Crippen MR) is 235 cm³/mol. The van der Waals surface area contributed by atoms with Crippen LogP contribution in [0, 0.1) is 0 Å². The highest BCUT2D eigenvalue weighted by atomic mass is 32.2. The fraction of sp³-hybridized carbons (Fsp3) is 0.161. The minimum atomic E-state index is -5.29. The summed E-state index contributed by atoms with van der Waals surface area (Å²) in [6.07, 6.45) is 0. The lowest BCUT2D eigenvalue weighted by Crippen LogP contribution is -2.13. The van der Waals surface area contributed by atoms with Crippen molar-refractivity contribution >= 4 is 137 Å². The first kappa shape index (κ1) is 55.6. The summed E-state index contributed by atoms with van der Waals surface area (Å²) in [5.74, 6) is -3.40. The fourth-order valence-electron chi connectivity index (χ4n) is 5.69. The first-order chi connectivity index (χ1) is 32.4. The van der Waals surface area contributed by atoms with Crippen molar-refractivity contribution in [1.29, 1.82) is 0 Å². The van der Waals surface area contributed by atoms with Gasteiger partial charge in [0.05, 0.1) is 57.1 Å². The number of benzene rings is 5. The van der Waals surface area contributed by atoms with Crippen molar-refractivity contribution in [3.63, 3.8) is 0 Å². The maximum Gasteiger partial charge on any atom is 0.297 e. The van der Waals surface area contributed by atoms with Gasteiger partial charge in [0, 0.05) is 16.2 Å². The highest BCUT2D eigenvalue weighted by molar-refractivity contribution is 7.94. The molecule has 5 rings (SSSR count). The molecule has 69 heavy (non-hydrogen) atoms. The molecule has 0 radical (unpaired) electrons. The van der Waals surface area contributed by atoms with E-state index in [2.05, 4.69) is 53.9 Å². The van der Waals surface area contributed by atoms with Crippen molar-refractivity contribution in [2.24, 2.45) is 20.5 Å². The van der Waals surface area contributed by atoms with Crippen LogP contribution in [0.1, 0.15) is 0 Å². The van der Waals surface area contributed by atoms with E-state index in [1.54, 1.807) is 0 Å². The van der Waals surface area contributed by atoms with Crippen LogP contribution >= 0.6 is 36.7 Å². The largest absolute Gasteiger partial charge is 0.505 e. The van der Waals surface area contributed by atoms with Crippen molar-refractivity contribution in [1.82, 2.24) is 0 Å². The number of rotatable bonds is 26. The van der Waals surface area contributed by atoms with Gasteiger partial charge < -0.3 is 10.4 Å². The molecule has 5 aromatic carbocycles. The zero-order valence-corrected chi connectivity index (χ0v) is 40.0. The van der Waals surface area contributed by atoms with Gasteiger partial charge in [-0.25, -0.2) is 32.6 Å². The smallest absolute Gasteiger partial charge is 0.297 e. The number of hydrogen-bond donors (Lipinski definition) is 8. The Morgan fingerprint density at radius 2 is 1.12 bits per heavy atom. The van der Waals surface area contributed by atoms with E-state index in [4.69, 9.17) is 24.1 Å². The summed E-state index contributed by atoms with van der Waals surface area (Å²) >= 11 is 0.329. The van der Waals surface area contributed by atoms with E-state index < -0.39 is 124 Å². The van der Waals surface area contributed by atoms with E-state index in [1.165, 1.54) is 6.07 Å². The average molecular weight is 1130 g/mol. The van der Waals surface area contributed by atoms with E-state index >= 15 is 0 Å². The molecule has 0 spiro atoms. The van der Waals surface area contributed by atoms with Gasteiger partial charge in [-0.2, -0.15) is 25.3 Å². The van der Waals surface area contributed by atoms with E-state index in [-0.39, 0.29) is 73.7 Å². The van der Waals surface area contributed by atoms with Crippen LogP contribution in [-0.2, 0) is 86.5 Å². The van der Waals surface area contributed by atoms with Crippen molar-refractivity contribution in [3.8, 4) is 5.75 Å². The van der Waals surface area contributed by atoms with Gasteiger partial charge in [-0.1, -0.05) is 27.2 Å². The van der Waals surface area contributed by atoms with Crippen molar-refractivity contribution in [2.45, 2.75) is 24.5 Å². The molecule has 0 atom stereocenters. The Morgan fingerprint density at radius 3 is 1.70 bits per heavy atom. The number of hydrogen-bond acceptors (Lipinski definition) is 30. The second kappa shape index (κ2) is 23.7. The number of aromatic hydroxyl groups is 1. The van der Waals surface area contributed by atoms with Crippen LogP contribution in [-0.4, -0.2) is 107 Å². The Labute approximate surface area is 400 Å². The average Bonchev–Trinajstić information content (AvgIpc) is 3.27. The molecule has 0 unspecified atom stereocenters. The maximum absolute atomic E-state index is 12.9. The maximum atomic E-state index is 12.9. The number of phenolic OH excluding ortho intramolecular Hbond substituents is 1. The summed E-state index contributed by atoms with van der Waals surface area (Å²) < 4.78 is 177. The van der Waals surface area contributed by atoms with Crippen molar-refractivity contribution in [2.75, 3.05) is 35.9 Å². The van der Waals surface area contributed by atoms with Gasteiger partial charge in [-0.3, -0.25) is 22.0 Å². The molecule has 0 bridgehead atoms. The standard InChI is InChI=1S/C31H29N5O25S8/c37-30-21-5-8-24(32-16-67(45,46)47)28(35-33-23-7-3-19(14-27(23)68(48,49)50)66(43,44)12-10-55-64-61-58-40)22(21)15-26(62-59-56-38)29(30)36-34-25-6-1-17-13-18(2-4-20(17)31(25)69(51,52)53)65(41,42)11-9-54-63-60-57-39/h1-8,13-15,32,37-40H,9-12,16H2,(H,45,46,47)(H,48,49,50)(H,51,52,53)/b35-33+,36-34+. The summed E-state index contributed by atoms with van der Waals surface area (Å²) in [6.45, 7) is -1.02. The van der Waals surface area contributed by atoms with Crippen LogP contribution in [0.15, 0.2) is 112 Å². The SMILES string of the molecule is O=S(=O)(O)CNc1ccc2c(O)c(/N=N/c3ccc4cc(S(=O)(=O)CCOSOOO)ccc4c3S(=O)(=O)O)c(SOOO)cc2c1/N=N/c1ccc(S(=O)(=O)CCOSOOO)cc1S(=O)(=O)O. The molecule has 0 aliphatic rings. The molecule has 30 nitrogen and oxygen atoms in total. The summed E-state index contributed by atoms with van der Waals surface area (Å²) in [6, 6.07) is 10.9. The Hall–Kier alpha value is -4.34. The summed E-state index contributed by atoms with van der Waals surface area (Å²) in [5, 5.41) is 64.4. The molecule has 0 saturated carbocycles. The first-order valence-corrected chi connectivity index (χ1v) is 27.4. The lowest BCUT2D eigenvalue weighted by molar-refractivity contribution is -0.434. The summed E-state index contributed by atoms with van der Waals surface area (Å²) in [4.78, 5) is -3.30. The zero-order chi connectivity index (χ0) is 50.8. The van der Waals surface area contributed by atoms with Gasteiger partial charge in [-0.05, 0) is 60.0 Å². The highest BCUT2D eigenvalue weighted by Crippen LogP contribution is 2.49. The number of phenols is 1.